The lowest BCUT2D eigenvalue weighted by Crippen LogP contribution is -2.44. The van der Waals surface area contributed by atoms with Crippen molar-refractivity contribution in [3.63, 3.8) is 0 Å². The lowest BCUT2D eigenvalue weighted by molar-refractivity contribution is -0.124. The van der Waals surface area contributed by atoms with Gasteiger partial charge in [0.25, 0.3) is 0 Å². The van der Waals surface area contributed by atoms with Crippen LogP contribution >= 0.6 is 11.8 Å². The Morgan fingerprint density at radius 2 is 1.94 bits per heavy atom. The summed E-state index contributed by atoms with van der Waals surface area (Å²) in [5.74, 6) is 1.91. The SMILES string of the molecule is CC1(C)C(C(=O)NCC2(O)CCSC2)C1(C)C. The molecule has 98 valence electrons. The Morgan fingerprint density at radius 3 is 2.35 bits per heavy atom. The van der Waals surface area contributed by atoms with Crippen molar-refractivity contribution in [3.05, 3.63) is 0 Å². The summed E-state index contributed by atoms with van der Waals surface area (Å²) in [6.07, 6.45) is 0.787. The normalized spacial score (nSPS) is 34.6. The molecule has 0 aromatic heterocycles. The molecule has 3 nitrogen and oxygen atoms in total. The molecule has 0 aromatic rings. The molecule has 1 amide bonds. The molecule has 4 heteroatoms. The Hall–Kier alpha value is -0.220. The first-order chi connectivity index (χ1) is 7.71. The second kappa shape index (κ2) is 3.89. The molecule has 0 aromatic carbocycles. The standard InChI is InChI=1S/C13H23NO2S/c1-11(2)9(12(11,3)4)10(15)14-7-13(16)5-6-17-8-13/h9,16H,5-8H2,1-4H3,(H,14,15). The number of carbonyl (C=O) groups is 1. The molecule has 2 N–H and O–H groups in total. The van der Waals surface area contributed by atoms with Crippen LogP contribution in [0.25, 0.3) is 0 Å². The first-order valence-corrected chi connectivity index (χ1v) is 7.44. The molecule has 1 heterocycles. The Kier molecular flexibility index (Phi) is 3.02. The fraction of sp³-hybridized carbons (Fsp3) is 0.923. The van der Waals surface area contributed by atoms with Crippen LogP contribution in [0.2, 0.25) is 0 Å². The Bertz CT molecular complexity index is 318. The minimum absolute atomic E-state index is 0.0735. The van der Waals surface area contributed by atoms with E-state index in [1.54, 1.807) is 11.8 Å². The summed E-state index contributed by atoms with van der Waals surface area (Å²) in [6.45, 7) is 8.95. The van der Waals surface area contributed by atoms with Gasteiger partial charge in [0.05, 0.1) is 5.60 Å². The minimum Gasteiger partial charge on any atom is -0.387 e. The molecule has 17 heavy (non-hydrogen) atoms. The van der Waals surface area contributed by atoms with E-state index in [0.717, 1.165) is 17.9 Å². The van der Waals surface area contributed by atoms with E-state index in [4.69, 9.17) is 0 Å². The summed E-state index contributed by atoms with van der Waals surface area (Å²) < 4.78 is 0. The topological polar surface area (TPSA) is 49.3 Å². The third kappa shape index (κ3) is 2.10. The van der Waals surface area contributed by atoms with Crippen molar-refractivity contribution < 1.29 is 9.90 Å². The van der Waals surface area contributed by atoms with Crippen LogP contribution in [0.4, 0.5) is 0 Å². The lowest BCUT2D eigenvalue weighted by Gasteiger charge is -2.21. The zero-order chi connectivity index (χ0) is 12.9. The molecule has 1 atom stereocenters. The monoisotopic (exact) mass is 257 g/mol. The van der Waals surface area contributed by atoms with E-state index in [9.17, 15) is 9.90 Å². The smallest absolute Gasteiger partial charge is 0.224 e. The van der Waals surface area contributed by atoms with Crippen molar-refractivity contribution in [1.82, 2.24) is 5.32 Å². The van der Waals surface area contributed by atoms with Crippen LogP contribution in [0, 0.1) is 16.7 Å². The minimum atomic E-state index is -0.677. The van der Waals surface area contributed by atoms with E-state index in [2.05, 4.69) is 33.0 Å². The van der Waals surface area contributed by atoms with E-state index < -0.39 is 5.60 Å². The van der Waals surface area contributed by atoms with Gasteiger partial charge in [-0.2, -0.15) is 11.8 Å². The molecule has 1 aliphatic heterocycles. The largest absolute Gasteiger partial charge is 0.387 e. The van der Waals surface area contributed by atoms with Crippen LogP contribution in [0.1, 0.15) is 34.1 Å². The van der Waals surface area contributed by atoms with Crippen LogP contribution in [0.3, 0.4) is 0 Å². The highest BCUT2D eigenvalue weighted by molar-refractivity contribution is 7.99. The van der Waals surface area contributed by atoms with Crippen LogP contribution in [-0.2, 0) is 4.79 Å². The maximum Gasteiger partial charge on any atom is 0.224 e. The van der Waals surface area contributed by atoms with Crippen molar-refractivity contribution in [2.75, 3.05) is 18.1 Å². The van der Waals surface area contributed by atoms with E-state index in [-0.39, 0.29) is 22.7 Å². The van der Waals surface area contributed by atoms with Crippen molar-refractivity contribution in [2.45, 2.75) is 39.7 Å². The molecule has 2 fully saturated rings. The maximum absolute atomic E-state index is 12.1. The predicted molar refractivity (Wildman–Crippen MR) is 71.0 cm³/mol. The van der Waals surface area contributed by atoms with E-state index in [1.807, 2.05) is 0 Å². The van der Waals surface area contributed by atoms with Gasteiger partial charge >= 0.3 is 0 Å². The molecule has 0 spiro atoms. The Balaban J connectivity index is 1.87. The number of rotatable bonds is 3. The fourth-order valence-electron chi connectivity index (χ4n) is 2.94. The number of carbonyl (C=O) groups excluding carboxylic acids is 1. The van der Waals surface area contributed by atoms with E-state index in [1.165, 1.54) is 0 Å². The van der Waals surface area contributed by atoms with Gasteiger partial charge in [-0.05, 0) is 23.0 Å². The van der Waals surface area contributed by atoms with Gasteiger partial charge < -0.3 is 10.4 Å². The summed E-state index contributed by atoms with van der Waals surface area (Å²) in [6, 6.07) is 0. The van der Waals surface area contributed by atoms with Crippen LogP contribution in [0.5, 0.6) is 0 Å². The Labute approximate surface area is 108 Å². The van der Waals surface area contributed by atoms with Gasteiger partial charge in [0.15, 0.2) is 0 Å². The molecule has 1 saturated carbocycles. The van der Waals surface area contributed by atoms with Crippen LogP contribution in [-0.4, -0.2) is 34.7 Å². The van der Waals surface area contributed by atoms with Crippen molar-refractivity contribution >= 4 is 17.7 Å². The van der Waals surface area contributed by atoms with Gasteiger partial charge in [0.1, 0.15) is 0 Å². The van der Waals surface area contributed by atoms with Gasteiger partial charge in [0.2, 0.25) is 5.91 Å². The zero-order valence-electron chi connectivity index (χ0n) is 11.2. The van der Waals surface area contributed by atoms with Crippen LogP contribution in [0.15, 0.2) is 0 Å². The first-order valence-electron chi connectivity index (χ1n) is 6.29. The highest BCUT2D eigenvalue weighted by Crippen LogP contribution is 2.68. The van der Waals surface area contributed by atoms with Gasteiger partial charge in [-0.15, -0.1) is 0 Å². The van der Waals surface area contributed by atoms with E-state index >= 15 is 0 Å². The highest BCUT2D eigenvalue weighted by Gasteiger charge is 2.68. The number of aliphatic hydroxyl groups is 1. The van der Waals surface area contributed by atoms with Gasteiger partial charge in [0, 0.05) is 18.2 Å². The summed E-state index contributed by atoms with van der Waals surface area (Å²) in [5.41, 5.74) is -0.530. The summed E-state index contributed by atoms with van der Waals surface area (Å²) >= 11 is 1.75. The second-order valence-corrected chi connectivity index (χ2v) is 7.73. The predicted octanol–water partition coefficient (Wildman–Crippen LogP) is 1.65. The number of hydrogen-bond acceptors (Lipinski definition) is 3. The third-order valence-electron chi connectivity index (χ3n) is 4.96. The fourth-order valence-corrected chi connectivity index (χ4v) is 4.24. The summed E-state index contributed by atoms with van der Waals surface area (Å²) in [5, 5.41) is 13.1. The Morgan fingerprint density at radius 1 is 1.35 bits per heavy atom. The average Bonchev–Trinajstić information content (AvgIpc) is 2.54. The third-order valence-corrected chi connectivity index (χ3v) is 6.19. The quantitative estimate of drug-likeness (QED) is 0.808. The highest BCUT2D eigenvalue weighted by atomic mass is 32.2. The van der Waals surface area contributed by atoms with Gasteiger partial charge in [-0.3, -0.25) is 4.79 Å². The lowest BCUT2D eigenvalue weighted by atomic mass is 10.0. The number of hydrogen-bond donors (Lipinski definition) is 2. The molecule has 1 unspecified atom stereocenters. The molecule has 2 aliphatic rings. The van der Waals surface area contributed by atoms with Crippen molar-refractivity contribution in [2.24, 2.45) is 16.7 Å². The molecule has 0 bridgehead atoms. The summed E-state index contributed by atoms with van der Waals surface area (Å²) in [4.78, 5) is 12.1. The molecule has 1 saturated heterocycles. The molecule has 2 rings (SSSR count). The van der Waals surface area contributed by atoms with Crippen molar-refractivity contribution in [1.29, 1.82) is 0 Å². The van der Waals surface area contributed by atoms with Gasteiger partial charge in [-0.25, -0.2) is 0 Å². The number of nitrogens with one attached hydrogen (secondary N) is 1. The van der Waals surface area contributed by atoms with Crippen molar-refractivity contribution in [3.8, 4) is 0 Å². The molecule has 0 radical (unpaired) electrons. The number of thioether (sulfide) groups is 1. The molecule has 1 aliphatic carbocycles. The molecular formula is C13H23NO2S. The first kappa shape index (κ1) is 13.2. The van der Waals surface area contributed by atoms with E-state index in [0.29, 0.717) is 6.54 Å². The summed E-state index contributed by atoms with van der Waals surface area (Å²) in [7, 11) is 0. The number of amides is 1. The molecular weight excluding hydrogens is 234 g/mol. The average molecular weight is 257 g/mol. The second-order valence-electron chi connectivity index (χ2n) is 6.62. The zero-order valence-corrected chi connectivity index (χ0v) is 12.0. The maximum atomic E-state index is 12.1. The van der Waals surface area contributed by atoms with Gasteiger partial charge in [-0.1, -0.05) is 27.7 Å². The van der Waals surface area contributed by atoms with Crippen LogP contribution < -0.4 is 5.32 Å².